The molecule has 2 heterocycles. The number of H-pyrrole nitrogens is 1. The van der Waals surface area contributed by atoms with Crippen molar-refractivity contribution in [3.63, 3.8) is 0 Å². The molecule has 4 aromatic carbocycles. The molecule has 1 fully saturated rings. The monoisotopic (exact) mass is 802 g/mol. The van der Waals surface area contributed by atoms with E-state index >= 15 is 0 Å². The molecule has 0 radical (unpaired) electrons. The van der Waals surface area contributed by atoms with Crippen LogP contribution in [-0.4, -0.2) is 48.1 Å². The molecule has 0 aliphatic carbocycles. The van der Waals surface area contributed by atoms with Crippen LogP contribution in [-0.2, 0) is 29.0 Å². The van der Waals surface area contributed by atoms with Crippen LogP contribution < -0.4 is 25.2 Å². The normalized spacial score (nSPS) is 18.2. The van der Waals surface area contributed by atoms with Crippen molar-refractivity contribution >= 4 is 24.7 Å². The van der Waals surface area contributed by atoms with E-state index in [1.165, 1.54) is 22.9 Å². The molecule has 1 unspecified atom stereocenters. The minimum Gasteiger partial charge on any atom is -0.497 e. The van der Waals surface area contributed by atoms with Crippen molar-refractivity contribution in [3.05, 3.63) is 157 Å². The number of carbonyl (C=O) groups excluding carboxylic acids is 1. The minimum absolute atomic E-state index is 0.0613. The summed E-state index contributed by atoms with van der Waals surface area (Å²) in [7, 11) is -1.48. The SMILES string of the molecule is COc1ccc(C(OC[C@H]2O[C@@H](n3cc(C)c(=O)[nH]c3=O)C[C@@H]2OP(=O)(Oc2ccc(Cl)cc2)C(=O)C(C)(C)C)(c2ccccc2)c2ccc(OC)cc2)cc1. The predicted molar refractivity (Wildman–Crippen MR) is 212 cm³/mol. The van der Waals surface area contributed by atoms with Crippen molar-refractivity contribution in [1.29, 1.82) is 0 Å². The van der Waals surface area contributed by atoms with Crippen LogP contribution in [0.25, 0.3) is 0 Å². The highest BCUT2D eigenvalue weighted by Crippen LogP contribution is 2.56. The lowest BCUT2D eigenvalue weighted by molar-refractivity contribution is -0.121. The summed E-state index contributed by atoms with van der Waals surface area (Å²) in [6.07, 6.45) is -1.84. The molecule has 4 atom stereocenters. The van der Waals surface area contributed by atoms with Gasteiger partial charge in [-0.1, -0.05) is 87.0 Å². The van der Waals surface area contributed by atoms with Crippen molar-refractivity contribution in [3.8, 4) is 17.2 Å². The van der Waals surface area contributed by atoms with Crippen molar-refractivity contribution in [1.82, 2.24) is 9.55 Å². The van der Waals surface area contributed by atoms with Crippen LogP contribution in [0.3, 0.4) is 0 Å². The number of ether oxygens (including phenoxy) is 4. The topological polar surface area (TPSA) is 144 Å². The number of methoxy groups -OCH3 is 2. The minimum atomic E-state index is -4.65. The third-order valence-electron chi connectivity index (χ3n) is 9.48. The molecule has 0 amide bonds. The first-order chi connectivity index (χ1) is 26.7. The smallest absolute Gasteiger partial charge is 0.447 e. The molecule has 1 aliphatic rings. The van der Waals surface area contributed by atoms with Gasteiger partial charge in [0.1, 0.15) is 41.3 Å². The second-order valence-electron chi connectivity index (χ2n) is 14.4. The van der Waals surface area contributed by atoms with Crippen LogP contribution >= 0.6 is 19.2 Å². The number of halogens is 1. The fraction of sp³-hybridized carbons (Fsp3) is 0.310. The van der Waals surface area contributed by atoms with Crippen LogP contribution in [0, 0.1) is 12.3 Å². The van der Waals surface area contributed by atoms with Crippen molar-refractivity contribution in [2.45, 2.75) is 58.2 Å². The van der Waals surface area contributed by atoms with Crippen molar-refractivity contribution in [2.75, 3.05) is 20.8 Å². The number of nitrogens with zero attached hydrogens (tertiary/aromatic N) is 1. The van der Waals surface area contributed by atoms with E-state index in [2.05, 4.69) is 4.98 Å². The Morgan fingerprint density at radius 3 is 1.91 bits per heavy atom. The first-order valence-electron chi connectivity index (χ1n) is 17.9. The third-order valence-corrected chi connectivity index (χ3v) is 11.9. The lowest BCUT2D eigenvalue weighted by atomic mass is 9.80. The summed E-state index contributed by atoms with van der Waals surface area (Å²) in [5.74, 6) is 1.39. The number of aromatic nitrogens is 2. The zero-order valence-electron chi connectivity index (χ0n) is 31.9. The van der Waals surface area contributed by atoms with Crippen LogP contribution in [0.15, 0.2) is 119 Å². The molecule has 14 heteroatoms. The van der Waals surface area contributed by atoms with Crippen LogP contribution in [0.2, 0.25) is 5.02 Å². The van der Waals surface area contributed by atoms with Gasteiger partial charge in [0.15, 0.2) is 0 Å². The first kappa shape index (κ1) is 40.7. The summed E-state index contributed by atoms with van der Waals surface area (Å²) in [5, 5.41) is 0.414. The second kappa shape index (κ2) is 16.6. The highest BCUT2D eigenvalue weighted by molar-refractivity contribution is 7.72. The zero-order valence-corrected chi connectivity index (χ0v) is 33.5. The van der Waals surface area contributed by atoms with Crippen LogP contribution in [0.1, 0.15) is 55.7 Å². The maximum atomic E-state index is 14.8. The summed E-state index contributed by atoms with van der Waals surface area (Å²) >= 11 is 6.10. The van der Waals surface area contributed by atoms with E-state index in [-0.39, 0.29) is 24.3 Å². The summed E-state index contributed by atoms with van der Waals surface area (Å²) < 4.78 is 53.0. The van der Waals surface area contributed by atoms with Gasteiger partial charge in [0.25, 0.3) is 11.1 Å². The van der Waals surface area contributed by atoms with Gasteiger partial charge >= 0.3 is 13.3 Å². The number of benzene rings is 4. The first-order valence-corrected chi connectivity index (χ1v) is 19.8. The second-order valence-corrected chi connectivity index (χ2v) is 16.6. The lowest BCUT2D eigenvalue weighted by Crippen LogP contribution is -2.39. The molecular weight excluding hydrogens is 759 g/mol. The van der Waals surface area contributed by atoms with Gasteiger partial charge in [-0.25, -0.2) is 9.36 Å². The average Bonchev–Trinajstić information content (AvgIpc) is 3.59. The van der Waals surface area contributed by atoms with Crippen LogP contribution in [0.5, 0.6) is 17.2 Å². The molecule has 294 valence electrons. The van der Waals surface area contributed by atoms with Gasteiger partial charge < -0.3 is 23.5 Å². The Labute approximate surface area is 329 Å². The molecule has 1 aromatic heterocycles. The maximum absolute atomic E-state index is 14.8. The molecule has 0 saturated carbocycles. The molecular formula is C42H44ClN2O10P. The van der Waals surface area contributed by atoms with E-state index in [1.807, 2.05) is 78.9 Å². The van der Waals surface area contributed by atoms with E-state index in [0.29, 0.717) is 16.5 Å². The predicted octanol–water partition coefficient (Wildman–Crippen LogP) is 8.04. The Hall–Kier alpha value is -4.97. The third kappa shape index (κ3) is 8.55. The summed E-state index contributed by atoms with van der Waals surface area (Å²) in [4.78, 5) is 41.8. The van der Waals surface area contributed by atoms with Gasteiger partial charge in [0, 0.05) is 28.6 Å². The van der Waals surface area contributed by atoms with Gasteiger partial charge in [0.05, 0.1) is 20.8 Å². The number of rotatable bonds is 14. The molecule has 56 heavy (non-hydrogen) atoms. The fourth-order valence-electron chi connectivity index (χ4n) is 6.55. The Morgan fingerprint density at radius 1 is 0.839 bits per heavy atom. The van der Waals surface area contributed by atoms with Gasteiger partial charge in [-0.05, 0) is 72.1 Å². The highest BCUT2D eigenvalue weighted by atomic mass is 35.5. The van der Waals surface area contributed by atoms with Gasteiger partial charge in [-0.2, -0.15) is 0 Å². The number of aromatic amines is 1. The summed E-state index contributed by atoms with van der Waals surface area (Å²) in [6.45, 7) is 6.21. The number of aryl methyl sites for hydroxylation is 1. The number of nitrogens with one attached hydrogen (secondary N) is 1. The molecule has 12 nitrogen and oxygen atoms in total. The molecule has 0 bridgehead atoms. The Bertz CT molecular complexity index is 2260. The highest BCUT2D eigenvalue weighted by Gasteiger charge is 2.50. The number of hydrogen-bond donors (Lipinski definition) is 1. The molecule has 1 aliphatic heterocycles. The maximum Gasteiger partial charge on any atom is 0.447 e. The quantitative estimate of drug-likeness (QED) is 0.0865. The molecule has 1 N–H and O–H groups in total. The van der Waals surface area contributed by atoms with E-state index in [9.17, 15) is 18.9 Å². The van der Waals surface area contributed by atoms with Gasteiger partial charge in [-0.15, -0.1) is 0 Å². The molecule has 0 spiro atoms. The lowest BCUT2D eigenvalue weighted by Gasteiger charge is -2.37. The zero-order chi connectivity index (χ0) is 40.3. The fourth-order valence-corrected chi connectivity index (χ4v) is 8.69. The Balaban J connectivity index is 1.46. The van der Waals surface area contributed by atoms with Gasteiger partial charge in [-0.3, -0.25) is 23.7 Å². The van der Waals surface area contributed by atoms with Gasteiger partial charge in [0.2, 0.25) is 0 Å². The molecule has 1 saturated heterocycles. The standard InChI is InChI=1S/C42H44ClN2O10P/c1-27-25-45(40(48)44-38(27)46)37-24-35(55-56(49,39(47)41(2,3)4)54-34-22-16-31(43)17-23-34)36(53-37)26-52-42(28-10-8-7-9-11-28,29-12-18-32(50-5)19-13-29)30-14-20-33(51-6)21-15-30/h7-23,25,35-37H,24,26H2,1-6H3,(H,44,46,48)/t35-,36+,37+,56?/m0/s1. The summed E-state index contributed by atoms with van der Waals surface area (Å²) in [5.41, 5.74) is -1.92. The molecule has 5 aromatic rings. The Morgan fingerprint density at radius 2 is 1.38 bits per heavy atom. The average molecular weight is 803 g/mol. The number of carbonyl (C=O) groups is 1. The largest absolute Gasteiger partial charge is 0.497 e. The Kier molecular flexibility index (Phi) is 12.1. The number of hydrogen-bond acceptors (Lipinski definition) is 10. The van der Waals surface area contributed by atoms with Crippen LogP contribution in [0.4, 0.5) is 0 Å². The van der Waals surface area contributed by atoms with E-state index in [4.69, 9.17) is 39.6 Å². The van der Waals surface area contributed by atoms with Crippen molar-refractivity contribution < 1.29 is 37.4 Å². The van der Waals surface area contributed by atoms with E-state index in [1.54, 1.807) is 54.0 Å². The van der Waals surface area contributed by atoms with Crippen molar-refractivity contribution in [2.24, 2.45) is 5.41 Å². The van der Waals surface area contributed by atoms with E-state index < -0.39 is 53.8 Å². The summed E-state index contributed by atoms with van der Waals surface area (Å²) in [6, 6.07) is 30.6. The van der Waals surface area contributed by atoms with E-state index in [0.717, 1.165) is 16.7 Å². The molecule has 6 rings (SSSR count).